The molecule has 0 amide bonds. The predicted molar refractivity (Wildman–Crippen MR) is 138 cm³/mol. The summed E-state index contributed by atoms with van der Waals surface area (Å²) < 4.78 is 70.8. The first-order chi connectivity index (χ1) is 17.6. The van der Waals surface area contributed by atoms with Crippen molar-refractivity contribution in [1.29, 1.82) is 0 Å². The van der Waals surface area contributed by atoms with Gasteiger partial charge in [-0.3, -0.25) is 4.98 Å². The number of hydrogen-bond donors (Lipinski definition) is 0. The van der Waals surface area contributed by atoms with Crippen molar-refractivity contribution in [3.05, 3.63) is 54.2 Å². The molecule has 1 aliphatic rings. The van der Waals surface area contributed by atoms with Gasteiger partial charge in [0.2, 0.25) is 9.84 Å². The van der Waals surface area contributed by atoms with Gasteiger partial charge in [0.15, 0.2) is 0 Å². The first-order valence-electron chi connectivity index (χ1n) is 12.6. The van der Waals surface area contributed by atoms with Gasteiger partial charge in [0.05, 0.1) is 16.1 Å². The predicted octanol–water partition coefficient (Wildman–Crippen LogP) is 5.84. The van der Waals surface area contributed by atoms with Crippen LogP contribution in [0.1, 0.15) is 39.2 Å². The highest BCUT2D eigenvalue weighted by molar-refractivity contribution is 7.91. The molecule has 4 rings (SSSR count). The first-order valence-corrected chi connectivity index (χ1v) is 14.1. The fourth-order valence-electron chi connectivity index (χ4n) is 5.09. The van der Waals surface area contributed by atoms with Crippen LogP contribution < -0.4 is 9.64 Å². The van der Waals surface area contributed by atoms with E-state index >= 15 is 0 Å². The Morgan fingerprint density at radius 2 is 1.68 bits per heavy atom. The summed E-state index contributed by atoms with van der Waals surface area (Å²) in [6.45, 7) is 9.20. The maximum Gasteiger partial charge on any atom is 0.573 e. The highest BCUT2D eigenvalue weighted by Crippen LogP contribution is 2.39. The van der Waals surface area contributed by atoms with Crippen LogP contribution in [-0.2, 0) is 16.3 Å². The van der Waals surface area contributed by atoms with Gasteiger partial charge < -0.3 is 14.5 Å². The molecule has 37 heavy (non-hydrogen) atoms. The summed E-state index contributed by atoms with van der Waals surface area (Å²) in [5.41, 5.74) is 1.77. The van der Waals surface area contributed by atoms with Crippen molar-refractivity contribution in [2.24, 2.45) is 0 Å². The number of pyridine rings is 1. The number of piperidine rings is 1. The van der Waals surface area contributed by atoms with E-state index in [-0.39, 0.29) is 9.79 Å². The quantitative estimate of drug-likeness (QED) is 0.361. The standard InChI is InChI=1S/C27H32F3N3O3S/c1-4-19-7-10-22(11-8-19)37(34,35)25-18-31-24-12-9-21(36-27(28,29)30)17-23(24)26(25)33-15-13-20(14-16-33)32(5-2)6-3/h7-12,17-18,20H,4-6,13-16H2,1-3H3. The third-order valence-corrected chi connectivity index (χ3v) is 8.82. The van der Waals surface area contributed by atoms with E-state index in [9.17, 15) is 21.6 Å². The fraction of sp³-hybridized carbons (Fsp3) is 0.444. The van der Waals surface area contributed by atoms with Gasteiger partial charge in [-0.25, -0.2) is 8.42 Å². The molecule has 0 saturated carbocycles. The van der Waals surface area contributed by atoms with Crippen molar-refractivity contribution in [3.63, 3.8) is 0 Å². The van der Waals surface area contributed by atoms with Crippen molar-refractivity contribution in [1.82, 2.24) is 9.88 Å². The molecular formula is C27H32F3N3O3S. The van der Waals surface area contributed by atoms with Crippen LogP contribution in [0.2, 0.25) is 0 Å². The van der Waals surface area contributed by atoms with Gasteiger partial charge in [-0.05, 0) is 68.2 Å². The van der Waals surface area contributed by atoms with Crippen LogP contribution in [0.25, 0.3) is 10.9 Å². The minimum absolute atomic E-state index is 0.0188. The Bertz CT molecular complexity index is 1330. The molecule has 1 saturated heterocycles. The smallest absolute Gasteiger partial charge is 0.406 e. The Labute approximate surface area is 216 Å². The molecule has 1 aliphatic heterocycles. The number of benzene rings is 2. The molecule has 2 aromatic carbocycles. The largest absolute Gasteiger partial charge is 0.573 e. The van der Waals surface area contributed by atoms with Crippen LogP contribution in [-0.4, -0.2) is 56.9 Å². The summed E-state index contributed by atoms with van der Waals surface area (Å²) in [6, 6.07) is 10.9. The van der Waals surface area contributed by atoms with Crippen molar-refractivity contribution in [2.75, 3.05) is 31.1 Å². The molecule has 0 radical (unpaired) electrons. The molecule has 0 aliphatic carbocycles. The van der Waals surface area contributed by atoms with Crippen LogP contribution >= 0.6 is 0 Å². The van der Waals surface area contributed by atoms with Gasteiger partial charge >= 0.3 is 6.36 Å². The summed E-state index contributed by atoms with van der Waals surface area (Å²) in [5, 5.41) is 0.314. The van der Waals surface area contributed by atoms with E-state index < -0.39 is 21.9 Å². The van der Waals surface area contributed by atoms with Gasteiger partial charge in [0, 0.05) is 30.7 Å². The lowest BCUT2D eigenvalue weighted by molar-refractivity contribution is -0.274. The minimum atomic E-state index is -4.87. The van der Waals surface area contributed by atoms with Crippen LogP contribution in [0.5, 0.6) is 5.75 Å². The highest BCUT2D eigenvalue weighted by Gasteiger charge is 2.33. The van der Waals surface area contributed by atoms with E-state index in [1.54, 1.807) is 24.3 Å². The van der Waals surface area contributed by atoms with E-state index in [1.807, 2.05) is 11.8 Å². The van der Waals surface area contributed by atoms with Crippen molar-refractivity contribution >= 4 is 26.4 Å². The normalized spacial score (nSPS) is 15.5. The maximum atomic E-state index is 13.8. The monoisotopic (exact) mass is 535 g/mol. The zero-order valence-electron chi connectivity index (χ0n) is 21.3. The van der Waals surface area contributed by atoms with E-state index in [4.69, 9.17) is 0 Å². The van der Waals surface area contributed by atoms with Gasteiger partial charge in [-0.15, -0.1) is 13.2 Å². The molecule has 0 atom stereocenters. The molecule has 0 N–H and O–H groups in total. The molecular weight excluding hydrogens is 503 g/mol. The second-order valence-corrected chi connectivity index (χ2v) is 11.1. The molecule has 6 nitrogen and oxygen atoms in total. The van der Waals surface area contributed by atoms with E-state index in [0.717, 1.165) is 37.9 Å². The third-order valence-electron chi connectivity index (χ3n) is 7.05. The molecule has 0 spiro atoms. The lowest BCUT2D eigenvalue weighted by atomic mass is 10.0. The van der Waals surface area contributed by atoms with Gasteiger partial charge in [-0.1, -0.05) is 32.9 Å². The van der Waals surface area contributed by atoms with Crippen LogP contribution in [0.15, 0.2) is 58.5 Å². The van der Waals surface area contributed by atoms with Crippen LogP contribution in [0, 0.1) is 0 Å². The van der Waals surface area contributed by atoms with Gasteiger partial charge in [0.1, 0.15) is 10.6 Å². The summed E-state index contributed by atoms with van der Waals surface area (Å²) in [4.78, 5) is 8.76. The number of nitrogens with zero attached hydrogens (tertiary/aromatic N) is 3. The second-order valence-electron chi connectivity index (χ2n) is 9.14. The average Bonchev–Trinajstić information content (AvgIpc) is 2.88. The van der Waals surface area contributed by atoms with Crippen LogP contribution in [0.3, 0.4) is 0 Å². The molecule has 1 aromatic heterocycles. The summed E-state index contributed by atoms with van der Waals surface area (Å²) in [7, 11) is -4.00. The number of ether oxygens (including phenoxy) is 1. The first kappa shape index (κ1) is 27.2. The fourth-order valence-corrected chi connectivity index (χ4v) is 6.52. The molecule has 10 heteroatoms. The zero-order valence-corrected chi connectivity index (χ0v) is 22.1. The topological polar surface area (TPSA) is 62.7 Å². The zero-order chi connectivity index (χ0) is 26.8. The summed E-state index contributed by atoms with van der Waals surface area (Å²) in [5.74, 6) is -0.414. The SMILES string of the molecule is CCc1ccc(S(=O)(=O)c2cnc3ccc(OC(F)(F)F)cc3c2N2CCC(N(CC)CC)CC2)cc1. The third kappa shape index (κ3) is 5.85. The number of anilines is 1. The van der Waals surface area contributed by atoms with E-state index in [0.29, 0.717) is 35.7 Å². The lowest BCUT2D eigenvalue weighted by Crippen LogP contribution is -2.45. The number of aromatic nitrogens is 1. The summed E-state index contributed by atoms with van der Waals surface area (Å²) >= 11 is 0. The molecule has 1 fully saturated rings. The Morgan fingerprint density at radius 3 is 2.24 bits per heavy atom. The number of fused-ring (bicyclic) bond motifs is 1. The van der Waals surface area contributed by atoms with Crippen molar-refractivity contribution in [3.8, 4) is 5.75 Å². The number of sulfone groups is 1. The number of hydrogen-bond acceptors (Lipinski definition) is 6. The Hall–Kier alpha value is -2.85. The Kier molecular flexibility index (Phi) is 7.99. The highest BCUT2D eigenvalue weighted by atomic mass is 32.2. The molecule has 3 aromatic rings. The summed E-state index contributed by atoms with van der Waals surface area (Å²) in [6.07, 6.45) is -1.15. The molecule has 0 bridgehead atoms. The molecule has 0 unspecified atom stereocenters. The van der Waals surface area contributed by atoms with Gasteiger partial charge in [-0.2, -0.15) is 0 Å². The van der Waals surface area contributed by atoms with E-state index in [1.165, 1.54) is 24.4 Å². The Morgan fingerprint density at radius 1 is 1.03 bits per heavy atom. The maximum absolute atomic E-state index is 13.8. The van der Waals surface area contributed by atoms with Crippen molar-refractivity contribution in [2.45, 2.75) is 62.2 Å². The number of halogens is 3. The molecule has 2 heterocycles. The number of rotatable bonds is 8. The number of aryl methyl sites for hydroxylation is 1. The van der Waals surface area contributed by atoms with E-state index in [2.05, 4.69) is 28.5 Å². The average molecular weight is 536 g/mol. The van der Waals surface area contributed by atoms with Gasteiger partial charge in [0.25, 0.3) is 0 Å². The lowest BCUT2D eigenvalue weighted by Gasteiger charge is -2.39. The van der Waals surface area contributed by atoms with Crippen molar-refractivity contribution < 1.29 is 26.3 Å². The minimum Gasteiger partial charge on any atom is -0.406 e. The molecule has 200 valence electrons. The van der Waals surface area contributed by atoms with Crippen LogP contribution in [0.4, 0.5) is 18.9 Å². The second kappa shape index (κ2) is 10.9. The number of alkyl halides is 3. The Balaban J connectivity index is 1.84.